The minimum absolute atomic E-state index is 0.0747. The summed E-state index contributed by atoms with van der Waals surface area (Å²) < 4.78 is 18.1. The predicted octanol–water partition coefficient (Wildman–Crippen LogP) is 2.31. The molecule has 2 rings (SSSR count). The van der Waals surface area contributed by atoms with Crippen LogP contribution in [0.3, 0.4) is 0 Å². The second-order valence-corrected chi connectivity index (χ2v) is 4.93. The number of aryl methyl sites for hydroxylation is 1. The summed E-state index contributed by atoms with van der Waals surface area (Å²) in [6.45, 7) is 1.39. The molecule has 0 fully saturated rings. The molecular formula is C13H11FN2O4S. The van der Waals surface area contributed by atoms with Crippen molar-refractivity contribution in [2.24, 2.45) is 0 Å². The molecular weight excluding hydrogens is 299 g/mol. The molecule has 1 aromatic heterocycles. The number of rotatable bonds is 5. The largest absolute Gasteiger partial charge is 0.483 e. The van der Waals surface area contributed by atoms with Gasteiger partial charge in [-0.2, -0.15) is 0 Å². The average Bonchev–Trinajstić information content (AvgIpc) is 2.82. The fourth-order valence-electron chi connectivity index (χ4n) is 1.51. The molecule has 0 spiro atoms. The van der Waals surface area contributed by atoms with Crippen LogP contribution < -0.4 is 10.1 Å². The molecule has 0 aliphatic carbocycles. The normalized spacial score (nSPS) is 10.2. The van der Waals surface area contributed by atoms with Gasteiger partial charge in [0.25, 0.3) is 5.91 Å². The van der Waals surface area contributed by atoms with Gasteiger partial charge in [-0.05, 0) is 25.1 Å². The van der Waals surface area contributed by atoms with Gasteiger partial charge in [-0.25, -0.2) is 14.2 Å². The van der Waals surface area contributed by atoms with E-state index in [9.17, 15) is 14.0 Å². The number of aromatic carboxylic acids is 1. The lowest BCUT2D eigenvalue weighted by molar-refractivity contribution is -0.118. The van der Waals surface area contributed by atoms with Crippen LogP contribution in [0.25, 0.3) is 0 Å². The number of aromatic nitrogens is 1. The zero-order valence-corrected chi connectivity index (χ0v) is 11.7. The zero-order valence-electron chi connectivity index (χ0n) is 10.9. The molecule has 1 amide bonds. The van der Waals surface area contributed by atoms with Crippen LogP contribution in [0, 0.1) is 12.7 Å². The lowest BCUT2D eigenvalue weighted by Crippen LogP contribution is -2.20. The fraction of sp³-hybridized carbons (Fsp3) is 0.154. The lowest BCUT2D eigenvalue weighted by Gasteiger charge is -2.08. The maximum absolute atomic E-state index is 13.0. The number of carboxylic acids is 1. The first-order valence-electron chi connectivity index (χ1n) is 5.83. The number of anilines is 1. The second-order valence-electron chi connectivity index (χ2n) is 4.08. The van der Waals surface area contributed by atoms with E-state index in [4.69, 9.17) is 9.84 Å². The highest BCUT2D eigenvalue weighted by Gasteiger charge is 2.14. The summed E-state index contributed by atoms with van der Waals surface area (Å²) in [4.78, 5) is 26.7. The molecule has 21 heavy (non-hydrogen) atoms. The number of carboxylic acid groups (broad SMARTS) is 1. The van der Waals surface area contributed by atoms with Crippen LogP contribution in [0.5, 0.6) is 5.75 Å². The first-order valence-corrected chi connectivity index (χ1v) is 6.71. The maximum atomic E-state index is 13.0. The van der Waals surface area contributed by atoms with Crippen LogP contribution >= 0.6 is 11.3 Å². The van der Waals surface area contributed by atoms with E-state index in [-0.39, 0.29) is 11.3 Å². The molecule has 110 valence electrons. The molecule has 2 aromatic rings. The Morgan fingerprint density at radius 2 is 2.24 bits per heavy atom. The smallest absolute Gasteiger partial charge is 0.339 e. The van der Waals surface area contributed by atoms with Crippen molar-refractivity contribution < 1.29 is 23.8 Å². The van der Waals surface area contributed by atoms with Gasteiger partial charge >= 0.3 is 5.97 Å². The SMILES string of the molecule is Cc1csc(NC(=O)COc2ccc(F)cc2C(=O)O)n1. The summed E-state index contributed by atoms with van der Waals surface area (Å²) in [6.07, 6.45) is 0. The van der Waals surface area contributed by atoms with Crippen molar-refractivity contribution in [1.82, 2.24) is 4.98 Å². The quantitative estimate of drug-likeness (QED) is 0.884. The van der Waals surface area contributed by atoms with Gasteiger partial charge in [-0.15, -0.1) is 11.3 Å². The molecule has 0 bridgehead atoms. The molecule has 0 atom stereocenters. The highest BCUT2D eigenvalue weighted by molar-refractivity contribution is 7.13. The third-order valence-corrected chi connectivity index (χ3v) is 3.27. The molecule has 1 aromatic carbocycles. The summed E-state index contributed by atoms with van der Waals surface area (Å²) in [6, 6.07) is 3.06. The van der Waals surface area contributed by atoms with Crippen LogP contribution in [0.15, 0.2) is 23.6 Å². The Kier molecular flexibility index (Phi) is 4.49. The van der Waals surface area contributed by atoms with Crippen molar-refractivity contribution in [2.75, 3.05) is 11.9 Å². The minimum Gasteiger partial charge on any atom is -0.483 e. The van der Waals surface area contributed by atoms with Crippen LogP contribution in [-0.4, -0.2) is 28.6 Å². The third-order valence-electron chi connectivity index (χ3n) is 2.40. The third kappa shape index (κ3) is 3.99. The Balaban J connectivity index is 1.99. The molecule has 0 saturated carbocycles. The van der Waals surface area contributed by atoms with Crippen molar-refractivity contribution in [3.63, 3.8) is 0 Å². The number of thiazole rings is 1. The molecule has 0 aliphatic heterocycles. The molecule has 1 heterocycles. The highest BCUT2D eigenvalue weighted by Crippen LogP contribution is 2.20. The van der Waals surface area contributed by atoms with Gasteiger partial charge in [-0.3, -0.25) is 10.1 Å². The monoisotopic (exact) mass is 310 g/mol. The highest BCUT2D eigenvalue weighted by atomic mass is 32.1. The minimum atomic E-state index is -1.33. The Morgan fingerprint density at radius 3 is 2.86 bits per heavy atom. The van der Waals surface area contributed by atoms with Crippen molar-refractivity contribution in [1.29, 1.82) is 0 Å². The molecule has 0 aliphatic rings. The number of hydrogen-bond donors (Lipinski definition) is 2. The van der Waals surface area contributed by atoms with E-state index in [0.29, 0.717) is 5.13 Å². The Morgan fingerprint density at radius 1 is 1.48 bits per heavy atom. The Bertz CT molecular complexity index is 687. The molecule has 6 nitrogen and oxygen atoms in total. The molecule has 8 heteroatoms. The van der Waals surface area contributed by atoms with Crippen LogP contribution in [0.2, 0.25) is 0 Å². The van der Waals surface area contributed by atoms with E-state index in [2.05, 4.69) is 10.3 Å². The van der Waals surface area contributed by atoms with E-state index in [1.54, 1.807) is 12.3 Å². The lowest BCUT2D eigenvalue weighted by atomic mass is 10.2. The van der Waals surface area contributed by atoms with Crippen LogP contribution in [0.1, 0.15) is 16.1 Å². The summed E-state index contributed by atoms with van der Waals surface area (Å²) in [7, 11) is 0. The summed E-state index contributed by atoms with van der Waals surface area (Å²) in [5, 5.41) is 13.7. The van der Waals surface area contributed by atoms with Crippen LogP contribution in [-0.2, 0) is 4.79 Å². The summed E-state index contributed by atoms with van der Waals surface area (Å²) in [5.74, 6) is -2.58. The molecule has 0 radical (unpaired) electrons. The maximum Gasteiger partial charge on any atom is 0.339 e. The molecule has 2 N–H and O–H groups in total. The summed E-state index contributed by atoms with van der Waals surface area (Å²) in [5.41, 5.74) is 0.441. The van der Waals surface area contributed by atoms with Gasteiger partial charge in [-0.1, -0.05) is 0 Å². The number of ether oxygens (including phenoxy) is 1. The van der Waals surface area contributed by atoms with Crippen molar-refractivity contribution in [3.05, 3.63) is 40.7 Å². The first-order chi connectivity index (χ1) is 9.95. The van der Waals surface area contributed by atoms with Crippen molar-refractivity contribution in [3.8, 4) is 5.75 Å². The second kappa shape index (κ2) is 6.31. The van der Waals surface area contributed by atoms with E-state index < -0.39 is 24.3 Å². The molecule has 0 unspecified atom stereocenters. The number of carbonyl (C=O) groups excluding carboxylic acids is 1. The topological polar surface area (TPSA) is 88.5 Å². The van der Waals surface area contributed by atoms with E-state index in [1.165, 1.54) is 17.4 Å². The van der Waals surface area contributed by atoms with E-state index >= 15 is 0 Å². The van der Waals surface area contributed by atoms with Gasteiger partial charge in [0.2, 0.25) is 0 Å². The van der Waals surface area contributed by atoms with Crippen LogP contribution in [0.4, 0.5) is 9.52 Å². The van der Waals surface area contributed by atoms with Gasteiger partial charge in [0.05, 0.1) is 5.69 Å². The number of halogens is 1. The standard InChI is InChI=1S/C13H11FN2O4S/c1-7-6-21-13(15-7)16-11(17)5-20-10-3-2-8(14)4-9(10)12(18)19/h2-4,6H,5H2,1H3,(H,18,19)(H,15,16,17). The average molecular weight is 310 g/mol. The van der Waals surface area contributed by atoms with Gasteiger partial charge in [0, 0.05) is 5.38 Å². The predicted molar refractivity (Wildman–Crippen MR) is 74.3 cm³/mol. The van der Waals surface area contributed by atoms with E-state index in [1.807, 2.05) is 0 Å². The van der Waals surface area contributed by atoms with Gasteiger partial charge in [0.15, 0.2) is 11.7 Å². The Hall–Kier alpha value is -2.48. The van der Waals surface area contributed by atoms with E-state index in [0.717, 1.165) is 17.8 Å². The molecule has 0 saturated heterocycles. The van der Waals surface area contributed by atoms with Gasteiger partial charge in [0.1, 0.15) is 17.1 Å². The van der Waals surface area contributed by atoms with Crippen molar-refractivity contribution >= 4 is 28.3 Å². The number of nitrogens with one attached hydrogen (secondary N) is 1. The Labute approximate surface area is 123 Å². The number of amides is 1. The van der Waals surface area contributed by atoms with Crippen molar-refractivity contribution in [2.45, 2.75) is 6.92 Å². The zero-order chi connectivity index (χ0) is 15.4. The number of nitrogens with zero attached hydrogens (tertiary/aromatic N) is 1. The fourth-order valence-corrected chi connectivity index (χ4v) is 2.21. The number of hydrogen-bond acceptors (Lipinski definition) is 5. The number of benzene rings is 1. The number of carbonyl (C=O) groups is 2. The first kappa shape index (κ1) is 14.9. The van der Waals surface area contributed by atoms with Gasteiger partial charge < -0.3 is 9.84 Å². The summed E-state index contributed by atoms with van der Waals surface area (Å²) >= 11 is 1.27.